The summed E-state index contributed by atoms with van der Waals surface area (Å²) in [5.41, 5.74) is 3.73. The molecule has 0 bridgehead atoms. The van der Waals surface area contributed by atoms with Crippen LogP contribution in [0.15, 0.2) is 47.6 Å². The lowest BCUT2D eigenvalue weighted by molar-refractivity contribution is -0.393. The minimum absolute atomic E-state index is 0.0339. The molecule has 12 heteroatoms. The zero-order valence-electron chi connectivity index (χ0n) is 15.3. The van der Waals surface area contributed by atoms with Crippen molar-refractivity contribution in [1.82, 2.24) is 20.2 Å². The van der Waals surface area contributed by atoms with Gasteiger partial charge in [0.1, 0.15) is 5.69 Å². The van der Waals surface area contributed by atoms with Crippen molar-refractivity contribution in [3.8, 4) is 5.69 Å². The number of nitro groups is 2. The number of aryl methyl sites for hydroxylation is 1. The molecule has 3 rings (SSSR count). The van der Waals surface area contributed by atoms with Gasteiger partial charge in [-0.1, -0.05) is 19.1 Å². The van der Waals surface area contributed by atoms with Gasteiger partial charge in [0.2, 0.25) is 0 Å². The first kappa shape index (κ1) is 19.5. The van der Waals surface area contributed by atoms with Crippen LogP contribution in [0.1, 0.15) is 18.3 Å². The van der Waals surface area contributed by atoms with Gasteiger partial charge < -0.3 is 0 Å². The lowest BCUT2D eigenvalue weighted by atomic mass is 10.1. The summed E-state index contributed by atoms with van der Waals surface area (Å²) in [5, 5.41) is 37.4. The van der Waals surface area contributed by atoms with Crippen LogP contribution in [-0.2, 0) is 12.8 Å². The number of hydrogen-bond acceptors (Lipinski definition) is 9. The van der Waals surface area contributed by atoms with Crippen LogP contribution in [0.25, 0.3) is 5.69 Å². The van der Waals surface area contributed by atoms with Crippen LogP contribution in [0.3, 0.4) is 0 Å². The molecule has 0 amide bonds. The zero-order chi connectivity index (χ0) is 20.8. The molecule has 0 saturated heterocycles. The molecule has 0 aliphatic carbocycles. The summed E-state index contributed by atoms with van der Waals surface area (Å²) >= 11 is 0. The molecule has 12 nitrogen and oxygen atoms in total. The minimum atomic E-state index is -0.717. The van der Waals surface area contributed by atoms with E-state index in [9.17, 15) is 20.2 Å². The Morgan fingerprint density at radius 3 is 2.55 bits per heavy atom. The summed E-state index contributed by atoms with van der Waals surface area (Å²) in [6.45, 7) is 2.07. The van der Waals surface area contributed by atoms with Gasteiger partial charge >= 0.3 is 5.69 Å². The van der Waals surface area contributed by atoms with Gasteiger partial charge in [0.05, 0.1) is 21.6 Å². The van der Waals surface area contributed by atoms with E-state index >= 15 is 0 Å². The smallest absolute Gasteiger partial charge is 0.272 e. The third-order valence-corrected chi connectivity index (χ3v) is 4.06. The average molecular weight is 396 g/mol. The topological polar surface area (TPSA) is 154 Å². The largest absolute Gasteiger partial charge is 0.301 e. The van der Waals surface area contributed by atoms with Crippen molar-refractivity contribution in [3.05, 3.63) is 74.1 Å². The Bertz CT molecular complexity index is 1060. The summed E-state index contributed by atoms with van der Waals surface area (Å²) in [6.07, 6.45) is 2.64. The third kappa shape index (κ3) is 4.55. The first-order valence-electron chi connectivity index (χ1n) is 8.56. The van der Waals surface area contributed by atoms with Crippen molar-refractivity contribution in [2.45, 2.75) is 19.8 Å². The van der Waals surface area contributed by atoms with Gasteiger partial charge in [0.25, 0.3) is 5.69 Å². The lowest BCUT2D eigenvalue weighted by Crippen LogP contribution is -2.05. The number of rotatable bonds is 8. The maximum Gasteiger partial charge on any atom is 0.301 e. The van der Waals surface area contributed by atoms with E-state index in [1.807, 2.05) is 24.3 Å². The molecule has 29 heavy (non-hydrogen) atoms. The molecule has 0 saturated carbocycles. The first-order valence-corrected chi connectivity index (χ1v) is 8.56. The molecule has 2 aromatic carbocycles. The number of benzene rings is 2. The number of aromatic nitrogens is 4. The zero-order valence-corrected chi connectivity index (χ0v) is 15.3. The van der Waals surface area contributed by atoms with Crippen LogP contribution in [0, 0.1) is 20.2 Å². The summed E-state index contributed by atoms with van der Waals surface area (Å²) in [6, 6.07) is 11.1. The minimum Gasteiger partial charge on any atom is -0.272 e. The molecule has 0 radical (unpaired) electrons. The van der Waals surface area contributed by atoms with Gasteiger partial charge in [0, 0.05) is 18.7 Å². The fourth-order valence-corrected chi connectivity index (χ4v) is 2.53. The van der Waals surface area contributed by atoms with Crippen molar-refractivity contribution in [1.29, 1.82) is 0 Å². The molecule has 0 aliphatic heterocycles. The number of nitro benzene ring substituents is 2. The fourth-order valence-electron chi connectivity index (χ4n) is 2.53. The molecular weight excluding hydrogens is 380 g/mol. The maximum atomic E-state index is 11.1. The average Bonchev–Trinajstić information content (AvgIpc) is 3.19. The number of non-ortho nitro benzene ring substituents is 1. The number of hydrazone groups is 1. The van der Waals surface area contributed by atoms with E-state index in [0.717, 1.165) is 24.2 Å². The lowest BCUT2D eigenvalue weighted by Gasteiger charge is -2.04. The molecule has 0 fully saturated rings. The molecule has 0 aliphatic rings. The van der Waals surface area contributed by atoms with Crippen LogP contribution < -0.4 is 5.43 Å². The third-order valence-electron chi connectivity index (χ3n) is 4.06. The predicted molar refractivity (Wildman–Crippen MR) is 104 cm³/mol. The van der Waals surface area contributed by atoms with Crippen LogP contribution in [0.5, 0.6) is 0 Å². The Morgan fingerprint density at radius 2 is 1.90 bits per heavy atom. The fraction of sp³-hybridized carbons (Fsp3) is 0.176. The van der Waals surface area contributed by atoms with Crippen molar-refractivity contribution in [3.63, 3.8) is 0 Å². The van der Waals surface area contributed by atoms with E-state index in [-0.39, 0.29) is 17.8 Å². The van der Waals surface area contributed by atoms with Crippen LogP contribution in [-0.4, -0.2) is 36.3 Å². The van der Waals surface area contributed by atoms with Crippen molar-refractivity contribution < 1.29 is 9.85 Å². The highest BCUT2D eigenvalue weighted by Gasteiger charge is 2.19. The number of tetrazole rings is 1. The highest BCUT2D eigenvalue weighted by atomic mass is 16.6. The summed E-state index contributed by atoms with van der Waals surface area (Å²) in [7, 11) is 0. The monoisotopic (exact) mass is 396 g/mol. The number of nitrogens with one attached hydrogen (secondary N) is 1. The second-order valence-electron chi connectivity index (χ2n) is 5.87. The number of nitrogens with zero attached hydrogens (tertiary/aromatic N) is 7. The molecule has 0 unspecified atom stereocenters. The maximum absolute atomic E-state index is 11.1. The van der Waals surface area contributed by atoms with Crippen LogP contribution in [0.2, 0.25) is 0 Å². The second-order valence-corrected chi connectivity index (χ2v) is 5.87. The number of anilines is 1. The Balaban J connectivity index is 1.71. The van der Waals surface area contributed by atoms with Crippen LogP contribution >= 0.6 is 0 Å². The molecular formula is C17H16N8O4. The van der Waals surface area contributed by atoms with Crippen molar-refractivity contribution in [2.75, 3.05) is 5.43 Å². The van der Waals surface area contributed by atoms with E-state index < -0.39 is 15.5 Å². The normalized spacial score (nSPS) is 10.9. The van der Waals surface area contributed by atoms with Crippen LogP contribution in [0.4, 0.5) is 17.1 Å². The van der Waals surface area contributed by atoms with Gasteiger partial charge in [0.15, 0.2) is 5.82 Å². The van der Waals surface area contributed by atoms with Crippen molar-refractivity contribution in [2.24, 2.45) is 5.10 Å². The molecule has 1 aromatic heterocycles. The Labute approximate surface area is 164 Å². The second kappa shape index (κ2) is 8.65. The highest BCUT2D eigenvalue weighted by Crippen LogP contribution is 2.28. The predicted octanol–water partition coefficient (Wildman–Crippen LogP) is 2.68. The van der Waals surface area contributed by atoms with E-state index in [2.05, 4.69) is 33.0 Å². The Kier molecular flexibility index (Phi) is 5.83. The summed E-state index contributed by atoms with van der Waals surface area (Å²) in [5.74, 6) is 0.526. The Morgan fingerprint density at radius 1 is 1.14 bits per heavy atom. The molecule has 3 aromatic rings. The molecule has 1 heterocycles. The van der Waals surface area contributed by atoms with E-state index in [1.165, 1.54) is 17.8 Å². The Hall–Kier alpha value is -4.22. The van der Waals surface area contributed by atoms with Gasteiger partial charge in [-0.15, -0.1) is 5.10 Å². The molecule has 148 valence electrons. The standard InChI is InChI=1S/C17H16N8O4/c1-2-12-3-5-13(6-4-12)23-17(20-21-22-23)9-10-18-19-15-8-7-14(24(26)27)11-16(15)25(28)29/h3-8,10-11,19H,2,9H2,1H3/b18-10-. The van der Waals surface area contributed by atoms with E-state index in [0.29, 0.717) is 5.82 Å². The molecule has 1 N–H and O–H groups in total. The van der Waals surface area contributed by atoms with Gasteiger partial charge in [-0.25, -0.2) is 0 Å². The molecule has 0 spiro atoms. The van der Waals surface area contributed by atoms with Gasteiger partial charge in [-0.05, 0) is 40.6 Å². The SMILES string of the molecule is CCc1ccc(-n2nnnc2C/C=N\Nc2ccc([N+](=O)[O-])cc2[N+](=O)[O-])cc1. The highest BCUT2D eigenvalue weighted by molar-refractivity contribution is 5.68. The van der Waals surface area contributed by atoms with Gasteiger partial charge in [-0.3, -0.25) is 25.7 Å². The van der Waals surface area contributed by atoms with E-state index in [4.69, 9.17) is 0 Å². The van der Waals surface area contributed by atoms with E-state index in [1.54, 1.807) is 4.68 Å². The summed E-state index contributed by atoms with van der Waals surface area (Å²) < 4.78 is 1.57. The summed E-state index contributed by atoms with van der Waals surface area (Å²) in [4.78, 5) is 20.5. The molecule has 0 atom stereocenters. The first-order chi connectivity index (χ1) is 14.0. The van der Waals surface area contributed by atoms with Gasteiger partial charge in [-0.2, -0.15) is 9.78 Å². The number of hydrogen-bond donors (Lipinski definition) is 1. The van der Waals surface area contributed by atoms with Crippen molar-refractivity contribution >= 4 is 23.3 Å². The quantitative estimate of drug-likeness (QED) is 0.346.